The summed E-state index contributed by atoms with van der Waals surface area (Å²) in [5.74, 6) is 1.59. The number of rotatable bonds is 0. The predicted octanol–water partition coefficient (Wildman–Crippen LogP) is -0.936. The fourth-order valence-electron chi connectivity index (χ4n) is 4.16. The van der Waals surface area contributed by atoms with Gasteiger partial charge in [0, 0.05) is 0 Å². The van der Waals surface area contributed by atoms with Gasteiger partial charge in [-0.15, -0.1) is 0 Å². The second-order valence-corrected chi connectivity index (χ2v) is 11.6. The third-order valence-corrected chi connectivity index (χ3v) is 8.59. The molecule has 0 aliphatic carbocycles. The first-order valence-electron chi connectivity index (χ1n) is 11.3. The molecule has 2 N–H and O–H groups in total. The maximum atomic E-state index is 12.8. The Morgan fingerprint density at radius 2 is 1.82 bits per heavy atom. The Morgan fingerprint density at radius 3 is 2.70 bits per heavy atom. The van der Waals surface area contributed by atoms with Gasteiger partial charge in [-0.1, -0.05) is 0 Å². The standard InChI is InChI=1S/C24H29IN7O/c1-30-9-8-25-20-6-3-5-19(15-20)23-27-24(29-28-23)26-21-7-2-4-18(14-21)16-31-10-12-32(13-11-31)22(33)17-30/h2-7,14-15H,8-13,16-17H2,1H3,(H2,26,27,28,29)/q-1. The Kier molecular flexibility index (Phi) is 6.88. The molecule has 0 radical (unpaired) electrons. The van der Waals surface area contributed by atoms with E-state index in [2.05, 4.69) is 79.8 Å². The molecule has 2 aromatic carbocycles. The van der Waals surface area contributed by atoms with Crippen LogP contribution in [0, 0.1) is 3.57 Å². The van der Waals surface area contributed by atoms with Crippen LogP contribution in [0.4, 0.5) is 11.6 Å². The van der Waals surface area contributed by atoms with Crippen LogP contribution in [-0.4, -0.2) is 86.5 Å². The zero-order valence-electron chi connectivity index (χ0n) is 18.8. The second kappa shape index (κ2) is 10.2. The maximum absolute atomic E-state index is 12.8. The van der Waals surface area contributed by atoms with E-state index >= 15 is 0 Å². The molecule has 0 unspecified atom stereocenters. The van der Waals surface area contributed by atoms with Gasteiger partial charge in [0.25, 0.3) is 0 Å². The van der Waals surface area contributed by atoms with Gasteiger partial charge in [0.05, 0.1) is 0 Å². The van der Waals surface area contributed by atoms with Crippen LogP contribution in [0.5, 0.6) is 0 Å². The van der Waals surface area contributed by atoms with Crippen LogP contribution in [0.25, 0.3) is 11.4 Å². The van der Waals surface area contributed by atoms with Crippen molar-refractivity contribution in [3.05, 3.63) is 57.7 Å². The van der Waals surface area contributed by atoms with Gasteiger partial charge in [0.15, 0.2) is 0 Å². The van der Waals surface area contributed by atoms with Crippen molar-refractivity contribution in [1.29, 1.82) is 0 Å². The molecule has 4 heterocycles. The summed E-state index contributed by atoms with van der Waals surface area (Å²) in [6.45, 7) is 5.70. The van der Waals surface area contributed by atoms with Gasteiger partial charge in [-0.3, -0.25) is 0 Å². The Bertz CT molecular complexity index is 1110. The molecule has 0 saturated carbocycles. The monoisotopic (exact) mass is 558 g/mol. The predicted molar refractivity (Wildman–Crippen MR) is 124 cm³/mol. The van der Waals surface area contributed by atoms with Gasteiger partial charge in [0.2, 0.25) is 0 Å². The zero-order chi connectivity index (χ0) is 22.6. The molecule has 3 aromatic rings. The van der Waals surface area contributed by atoms with Crippen molar-refractivity contribution in [1.82, 2.24) is 29.9 Å². The van der Waals surface area contributed by atoms with Gasteiger partial charge in [-0.2, -0.15) is 0 Å². The van der Waals surface area contributed by atoms with E-state index in [1.165, 1.54) is 9.13 Å². The molecular formula is C24H29IN7O-. The molecule has 33 heavy (non-hydrogen) atoms. The molecule has 1 saturated heterocycles. The van der Waals surface area contributed by atoms with E-state index in [9.17, 15) is 4.79 Å². The molecule has 174 valence electrons. The number of carbonyl (C=O) groups is 1. The van der Waals surface area contributed by atoms with Crippen LogP contribution in [0.2, 0.25) is 0 Å². The van der Waals surface area contributed by atoms with E-state index in [1.54, 1.807) is 0 Å². The SMILES string of the molecule is CN1CC[I-]c2cccc(c2)-c2nc(n[nH]2)Nc2cccc(c2)CN2CCN(CC2)C(=O)C1. The summed E-state index contributed by atoms with van der Waals surface area (Å²) in [5, 5.41) is 10.8. The van der Waals surface area contributed by atoms with E-state index in [4.69, 9.17) is 0 Å². The third kappa shape index (κ3) is 5.71. The number of hydrogen-bond donors (Lipinski definition) is 2. The van der Waals surface area contributed by atoms with E-state index in [1.807, 2.05) is 11.0 Å². The van der Waals surface area contributed by atoms with Crippen LogP contribution in [0.1, 0.15) is 5.56 Å². The van der Waals surface area contributed by atoms with Crippen molar-refractivity contribution < 1.29 is 26.0 Å². The zero-order valence-corrected chi connectivity index (χ0v) is 21.0. The summed E-state index contributed by atoms with van der Waals surface area (Å²) in [6, 6.07) is 16.9. The number of aromatic amines is 1. The number of fused-ring (bicyclic) bond motifs is 7. The summed E-state index contributed by atoms with van der Waals surface area (Å²) in [5.41, 5.74) is 3.26. The number of halogens is 1. The molecule has 1 fully saturated rings. The summed E-state index contributed by atoms with van der Waals surface area (Å²) in [4.78, 5) is 24.1. The first-order chi connectivity index (χ1) is 16.1. The molecule has 1 aromatic heterocycles. The minimum atomic E-state index is -0.141. The van der Waals surface area contributed by atoms with E-state index in [0.717, 1.165) is 60.8 Å². The Labute approximate surface area is 204 Å². The summed E-state index contributed by atoms with van der Waals surface area (Å²) < 4.78 is 2.48. The molecule has 3 aliphatic rings. The normalized spacial score (nSPS) is 18.8. The van der Waals surface area contributed by atoms with Crippen LogP contribution in [-0.2, 0) is 11.3 Å². The van der Waals surface area contributed by atoms with E-state index < -0.39 is 0 Å². The van der Waals surface area contributed by atoms with Gasteiger partial charge < -0.3 is 0 Å². The van der Waals surface area contributed by atoms with Crippen molar-refractivity contribution in [2.24, 2.45) is 0 Å². The number of likely N-dealkylation sites (N-methyl/N-ethyl adjacent to an activating group) is 1. The van der Waals surface area contributed by atoms with Crippen molar-refractivity contribution in [3.63, 3.8) is 0 Å². The van der Waals surface area contributed by atoms with Crippen molar-refractivity contribution in [2.75, 3.05) is 56.1 Å². The number of hydrogen-bond acceptors (Lipinski definition) is 6. The van der Waals surface area contributed by atoms with Gasteiger partial charge in [-0.05, 0) is 0 Å². The minimum absolute atomic E-state index is 0.141. The fourth-order valence-corrected chi connectivity index (χ4v) is 6.87. The number of amides is 1. The first-order valence-corrected chi connectivity index (χ1v) is 13.9. The van der Waals surface area contributed by atoms with Crippen LogP contribution in [0.3, 0.4) is 0 Å². The number of anilines is 2. The average Bonchev–Trinajstić information content (AvgIpc) is 3.28. The number of nitrogens with one attached hydrogen (secondary N) is 2. The molecule has 8 nitrogen and oxygen atoms in total. The average molecular weight is 558 g/mol. The van der Waals surface area contributed by atoms with Gasteiger partial charge in [-0.25, -0.2) is 0 Å². The Balaban J connectivity index is 1.39. The van der Waals surface area contributed by atoms with E-state index in [0.29, 0.717) is 12.5 Å². The van der Waals surface area contributed by atoms with Gasteiger partial charge >= 0.3 is 205 Å². The number of benzene rings is 2. The second-order valence-electron chi connectivity index (χ2n) is 8.56. The first kappa shape index (κ1) is 22.3. The molecule has 9 heteroatoms. The number of nitrogens with zero attached hydrogens (tertiary/aromatic N) is 5. The van der Waals surface area contributed by atoms with Crippen LogP contribution >= 0.6 is 0 Å². The number of H-pyrrole nitrogens is 1. The Hall–Kier alpha value is -2.50. The van der Waals surface area contributed by atoms with Crippen molar-refractivity contribution in [2.45, 2.75) is 6.54 Å². The molecule has 8 bridgehead atoms. The van der Waals surface area contributed by atoms with Crippen LogP contribution < -0.4 is 26.5 Å². The topological polar surface area (TPSA) is 80.4 Å². The molecular weight excluding hydrogens is 529 g/mol. The summed E-state index contributed by atoms with van der Waals surface area (Å²) in [7, 11) is 2.06. The number of carbonyl (C=O) groups excluding carboxylic acids is 1. The van der Waals surface area contributed by atoms with Crippen molar-refractivity contribution in [3.8, 4) is 11.4 Å². The molecule has 3 aliphatic heterocycles. The third-order valence-electron chi connectivity index (χ3n) is 6.02. The molecule has 1 amide bonds. The van der Waals surface area contributed by atoms with Crippen LogP contribution in [0.15, 0.2) is 48.5 Å². The van der Waals surface area contributed by atoms with Gasteiger partial charge in [0.1, 0.15) is 0 Å². The quantitative estimate of drug-likeness (QED) is 0.274. The molecule has 0 spiro atoms. The van der Waals surface area contributed by atoms with E-state index in [-0.39, 0.29) is 27.1 Å². The number of alkyl halides is 1. The number of piperazine rings is 1. The summed E-state index contributed by atoms with van der Waals surface area (Å²) >= 11 is -0.141. The fraction of sp³-hybridized carbons (Fsp3) is 0.375. The summed E-state index contributed by atoms with van der Waals surface area (Å²) in [6.07, 6.45) is 0. The molecule has 6 rings (SSSR count). The van der Waals surface area contributed by atoms with Crippen molar-refractivity contribution >= 4 is 17.5 Å². The Morgan fingerprint density at radius 1 is 0.970 bits per heavy atom. The number of aromatic nitrogens is 3. The molecule has 0 atom stereocenters.